The van der Waals surface area contributed by atoms with E-state index in [-0.39, 0.29) is 5.91 Å². The number of rotatable bonds is 3. The average Bonchev–Trinajstić information content (AvgIpc) is 2.70. The predicted molar refractivity (Wildman–Crippen MR) is 112 cm³/mol. The second-order valence-electron chi connectivity index (χ2n) is 6.22. The standard InChI is InChI=1S/C20H17BrFN3OS/c21-13-5-6-18(16(22)11-13)24-19-14-3-1-2-4-17(14)23-12-15(19)20(26)25-7-9-27-10-8-25/h1-6,11-12H,7-10H2,(H,23,24). The van der Waals surface area contributed by atoms with E-state index in [4.69, 9.17) is 0 Å². The molecule has 1 saturated heterocycles. The topological polar surface area (TPSA) is 45.2 Å². The second-order valence-corrected chi connectivity index (χ2v) is 8.36. The summed E-state index contributed by atoms with van der Waals surface area (Å²) in [5, 5.41) is 3.93. The van der Waals surface area contributed by atoms with Crippen LogP contribution in [0, 0.1) is 5.82 Å². The van der Waals surface area contributed by atoms with Gasteiger partial charge in [0.1, 0.15) is 5.82 Å². The van der Waals surface area contributed by atoms with Gasteiger partial charge in [0.25, 0.3) is 5.91 Å². The van der Waals surface area contributed by atoms with E-state index < -0.39 is 5.82 Å². The maximum absolute atomic E-state index is 14.4. The van der Waals surface area contributed by atoms with E-state index >= 15 is 0 Å². The molecular formula is C20H17BrFN3OS. The molecule has 1 aliphatic rings. The summed E-state index contributed by atoms with van der Waals surface area (Å²) >= 11 is 5.12. The molecule has 138 valence electrons. The molecular weight excluding hydrogens is 429 g/mol. The molecule has 1 aliphatic heterocycles. The molecule has 2 heterocycles. The summed E-state index contributed by atoms with van der Waals surface area (Å²) in [4.78, 5) is 19.4. The Kier molecular flexibility index (Phi) is 5.31. The molecule has 0 bridgehead atoms. The Morgan fingerprint density at radius 3 is 2.74 bits per heavy atom. The van der Waals surface area contributed by atoms with Crippen molar-refractivity contribution < 1.29 is 9.18 Å². The molecule has 0 unspecified atom stereocenters. The first-order valence-electron chi connectivity index (χ1n) is 8.60. The van der Waals surface area contributed by atoms with Crippen molar-refractivity contribution in [2.24, 2.45) is 0 Å². The van der Waals surface area contributed by atoms with Gasteiger partial charge >= 0.3 is 0 Å². The zero-order chi connectivity index (χ0) is 18.8. The number of nitrogens with zero attached hydrogens (tertiary/aromatic N) is 2. The third-order valence-corrected chi connectivity index (χ3v) is 5.93. The normalized spacial score (nSPS) is 14.4. The fourth-order valence-electron chi connectivity index (χ4n) is 3.10. The summed E-state index contributed by atoms with van der Waals surface area (Å²) in [5.74, 6) is 1.39. The summed E-state index contributed by atoms with van der Waals surface area (Å²) in [5.41, 5.74) is 2.12. The number of thioether (sulfide) groups is 1. The Bertz CT molecular complexity index is 1010. The molecule has 2 aromatic carbocycles. The highest BCUT2D eigenvalue weighted by atomic mass is 79.9. The van der Waals surface area contributed by atoms with Crippen LogP contribution in [0.3, 0.4) is 0 Å². The number of benzene rings is 2. The molecule has 3 aromatic rings. The first-order valence-corrected chi connectivity index (χ1v) is 10.5. The average molecular weight is 446 g/mol. The van der Waals surface area contributed by atoms with Gasteiger partial charge in [0.05, 0.1) is 22.5 Å². The van der Waals surface area contributed by atoms with Gasteiger partial charge in [-0.3, -0.25) is 9.78 Å². The van der Waals surface area contributed by atoms with Crippen LogP contribution in [0.4, 0.5) is 15.8 Å². The number of hydrogen-bond acceptors (Lipinski definition) is 4. The van der Waals surface area contributed by atoms with E-state index in [0.717, 1.165) is 22.4 Å². The molecule has 1 aromatic heterocycles. The van der Waals surface area contributed by atoms with E-state index in [9.17, 15) is 9.18 Å². The van der Waals surface area contributed by atoms with Crippen LogP contribution in [0.2, 0.25) is 0 Å². The fraction of sp³-hybridized carbons (Fsp3) is 0.200. The van der Waals surface area contributed by atoms with Crippen molar-refractivity contribution in [3.05, 3.63) is 64.5 Å². The van der Waals surface area contributed by atoms with E-state index in [1.165, 1.54) is 6.07 Å². The Morgan fingerprint density at radius 1 is 1.19 bits per heavy atom. The predicted octanol–water partition coefficient (Wildman–Crippen LogP) is 5.07. The molecule has 0 spiro atoms. The number of nitrogens with one attached hydrogen (secondary N) is 1. The number of carbonyl (C=O) groups is 1. The molecule has 0 aliphatic carbocycles. The summed E-state index contributed by atoms with van der Waals surface area (Å²) in [6.07, 6.45) is 1.59. The third-order valence-electron chi connectivity index (χ3n) is 4.49. The van der Waals surface area contributed by atoms with Gasteiger partial charge in [-0.05, 0) is 24.3 Å². The van der Waals surface area contributed by atoms with Crippen molar-refractivity contribution in [2.45, 2.75) is 0 Å². The number of fused-ring (bicyclic) bond motifs is 1. The Morgan fingerprint density at radius 2 is 1.96 bits per heavy atom. The Labute approximate surface area is 169 Å². The van der Waals surface area contributed by atoms with Gasteiger partial charge < -0.3 is 10.2 Å². The van der Waals surface area contributed by atoms with E-state index in [0.29, 0.717) is 34.5 Å². The molecule has 27 heavy (non-hydrogen) atoms. The SMILES string of the molecule is O=C(c1cnc2ccccc2c1Nc1ccc(Br)cc1F)N1CCSCC1. The zero-order valence-electron chi connectivity index (χ0n) is 14.4. The van der Waals surface area contributed by atoms with Crippen molar-refractivity contribution in [2.75, 3.05) is 29.9 Å². The summed E-state index contributed by atoms with van der Waals surface area (Å²) in [7, 11) is 0. The molecule has 4 rings (SSSR count). The van der Waals surface area contributed by atoms with Crippen molar-refractivity contribution in [1.29, 1.82) is 0 Å². The lowest BCUT2D eigenvalue weighted by Crippen LogP contribution is -2.38. The van der Waals surface area contributed by atoms with Gasteiger partial charge in [0, 0.05) is 40.7 Å². The lowest BCUT2D eigenvalue weighted by atomic mass is 10.1. The van der Waals surface area contributed by atoms with Crippen LogP contribution < -0.4 is 5.32 Å². The van der Waals surface area contributed by atoms with Gasteiger partial charge in [-0.15, -0.1) is 0 Å². The number of aromatic nitrogens is 1. The van der Waals surface area contributed by atoms with Crippen LogP contribution >= 0.6 is 27.7 Å². The van der Waals surface area contributed by atoms with Crippen LogP contribution in [-0.2, 0) is 0 Å². The molecule has 0 atom stereocenters. The van der Waals surface area contributed by atoms with Crippen LogP contribution in [0.1, 0.15) is 10.4 Å². The van der Waals surface area contributed by atoms with Gasteiger partial charge in [-0.25, -0.2) is 4.39 Å². The highest BCUT2D eigenvalue weighted by Gasteiger charge is 2.23. The molecule has 1 fully saturated rings. The zero-order valence-corrected chi connectivity index (χ0v) is 16.8. The number of halogens is 2. The van der Waals surface area contributed by atoms with Crippen molar-refractivity contribution in [3.63, 3.8) is 0 Å². The first kappa shape index (κ1) is 18.3. The quantitative estimate of drug-likeness (QED) is 0.611. The number of para-hydroxylation sites is 1. The van der Waals surface area contributed by atoms with Gasteiger partial charge in [-0.1, -0.05) is 34.1 Å². The lowest BCUT2D eigenvalue weighted by molar-refractivity contribution is 0.0773. The number of anilines is 2. The highest BCUT2D eigenvalue weighted by molar-refractivity contribution is 9.10. The lowest BCUT2D eigenvalue weighted by Gasteiger charge is -2.27. The number of hydrogen-bond donors (Lipinski definition) is 1. The van der Waals surface area contributed by atoms with Crippen molar-refractivity contribution >= 4 is 55.9 Å². The monoisotopic (exact) mass is 445 g/mol. The molecule has 4 nitrogen and oxygen atoms in total. The summed E-state index contributed by atoms with van der Waals surface area (Å²) in [6, 6.07) is 12.4. The summed E-state index contributed by atoms with van der Waals surface area (Å²) in [6.45, 7) is 1.42. The molecule has 7 heteroatoms. The number of pyridine rings is 1. The van der Waals surface area contributed by atoms with E-state index in [2.05, 4.69) is 26.2 Å². The first-order chi connectivity index (χ1) is 13.1. The summed E-state index contributed by atoms with van der Waals surface area (Å²) < 4.78 is 15.1. The Hall–Kier alpha value is -2.12. The van der Waals surface area contributed by atoms with E-state index in [1.54, 1.807) is 18.3 Å². The minimum atomic E-state index is -0.391. The van der Waals surface area contributed by atoms with Crippen LogP contribution in [-0.4, -0.2) is 40.4 Å². The van der Waals surface area contributed by atoms with E-state index in [1.807, 2.05) is 40.9 Å². The Balaban J connectivity index is 1.81. The maximum atomic E-state index is 14.4. The second kappa shape index (κ2) is 7.86. The van der Waals surface area contributed by atoms with Crippen LogP contribution in [0.5, 0.6) is 0 Å². The largest absolute Gasteiger partial charge is 0.352 e. The minimum absolute atomic E-state index is 0.0754. The highest BCUT2D eigenvalue weighted by Crippen LogP contribution is 2.32. The molecule has 1 amide bonds. The molecule has 0 radical (unpaired) electrons. The molecule has 1 N–H and O–H groups in total. The smallest absolute Gasteiger partial charge is 0.257 e. The van der Waals surface area contributed by atoms with Gasteiger partial charge in [0.15, 0.2) is 0 Å². The van der Waals surface area contributed by atoms with Crippen LogP contribution in [0.15, 0.2) is 53.1 Å². The van der Waals surface area contributed by atoms with Gasteiger partial charge in [0.2, 0.25) is 0 Å². The van der Waals surface area contributed by atoms with Crippen LogP contribution in [0.25, 0.3) is 10.9 Å². The van der Waals surface area contributed by atoms with Crippen molar-refractivity contribution in [1.82, 2.24) is 9.88 Å². The minimum Gasteiger partial charge on any atom is -0.352 e. The number of carbonyl (C=O) groups excluding carboxylic acids is 1. The van der Waals surface area contributed by atoms with Gasteiger partial charge in [-0.2, -0.15) is 11.8 Å². The van der Waals surface area contributed by atoms with Crippen molar-refractivity contribution in [3.8, 4) is 0 Å². The third kappa shape index (κ3) is 3.80. The fourth-order valence-corrected chi connectivity index (χ4v) is 4.34. The molecule has 0 saturated carbocycles. The maximum Gasteiger partial charge on any atom is 0.257 e. The number of amides is 1.